The van der Waals surface area contributed by atoms with Gasteiger partial charge in [-0.1, -0.05) is 204 Å². The molecule has 0 radical (unpaired) electrons. The molecule has 4 N–H and O–H groups in total. The fraction of sp³-hybridized carbons (Fsp3) is 0.579. The lowest BCUT2D eigenvalue weighted by molar-refractivity contribution is -0.170. The normalized spacial score (nSPS) is 14.5. The first kappa shape index (κ1) is 98.8. The minimum absolute atomic E-state index is 0. The van der Waals surface area contributed by atoms with Crippen LogP contribution in [0, 0.1) is 23.7 Å². The molecular formula is C76H118O24P4S. The number of aryl methyl sites for hydroxylation is 4. The van der Waals surface area contributed by atoms with Gasteiger partial charge in [-0.05, 0) is 99.3 Å². The highest BCUT2D eigenvalue weighted by molar-refractivity contribution is 7.61. The molecule has 0 fully saturated rings. The minimum Gasteiger partial charge on any atom is -0.481 e. The molecule has 8 atom stereocenters. The van der Waals surface area contributed by atoms with Gasteiger partial charge in [-0.25, -0.2) is 0 Å². The summed E-state index contributed by atoms with van der Waals surface area (Å²) in [4.78, 5) is 90.7. The van der Waals surface area contributed by atoms with Crippen LogP contribution >= 0.6 is 43.0 Å². The van der Waals surface area contributed by atoms with Crippen LogP contribution in [-0.2, 0) is 119 Å². The zero-order chi connectivity index (χ0) is 78.3. The Bertz CT molecular complexity index is 2900. The molecule has 1 unspecified atom stereocenters. The van der Waals surface area contributed by atoms with Crippen LogP contribution in [0.5, 0.6) is 0 Å². The SMILES string of the molecule is CCC(=O)O[C@@H](O[P@@](=O)(CCCCc1ccccc1)CC(=O)O)C(C)C.CCC(=O)O[C@@H](O[P@](=O)(CCCCc1ccccc1)CC(=O)O)C(C)C.CCC(=O)O[C@H](OP(=O)(CCCCc1ccccc1)CC(=O)O)C(C)C.CCC(=O)O[C@H](O[P@](=O)(CCCCc1ccccc1)CC(=O)O)C(C)C.S. The summed E-state index contributed by atoms with van der Waals surface area (Å²) in [6.07, 6.45) is 3.76. The molecule has 4 rings (SSSR count). The van der Waals surface area contributed by atoms with Crippen molar-refractivity contribution >= 4 is 90.7 Å². The predicted molar refractivity (Wildman–Crippen MR) is 412 cm³/mol. The Balaban J connectivity index is 0.00000137. The highest BCUT2D eigenvalue weighted by atomic mass is 32.1. The Kier molecular flexibility index (Phi) is 51.1. The van der Waals surface area contributed by atoms with Gasteiger partial charge in [-0.3, -0.25) is 74.7 Å². The first-order valence-corrected chi connectivity index (χ1v) is 43.9. The third kappa shape index (κ3) is 47.2. The molecule has 105 heavy (non-hydrogen) atoms. The lowest BCUT2D eigenvalue weighted by Gasteiger charge is -2.26. The number of carboxylic acid groups (broad SMARTS) is 4. The number of carbonyl (C=O) groups excluding carboxylic acids is 4. The van der Waals surface area contributed by atoms with Gasteiger partial charge in [0.25, 0.3) is 0 Å². The summed E-state index contributed by atoms with van der Waals surface area (Å²) in [7, 11) is -13.8. The summed E-state index contributed by atoms with van der Waals surface area (Å²) >= 11 is 0. The Morgan fingerprint density at radius 3 is 0.590 bits per heavy atom. The molecule has 24 nitrogen and oxygen atoms in total. The zero-order valence-electron chi connectivity index (χ0n) is 63.4. The first-order valence-electron chi connectivity index (χ1n) is 35.9. The number of esters is 4. The van der Waals surface area contributed by atoms with E-state index < -0.39 is 127 Å². The number of unbranched alkanes of at least 4 members (excludes halogenated alkanes) is 4. The number of carboxylic acids is 4. The average molecular weight is 1570 g/mol. The van der Waals surface area contributed by atoms with Crippen molar-refractivity contribution < 1.29 is 114 Å². The third-order valence-corrected chi connectivity index (χ3v) is 24.6. The number of aliphatic carboxylic acids is 4. The van der Waals surface area contributed by atoms with Crippen molar-refractivity contribution in [2.75, 3.05) is 49.3 Å². The van der Waals surface area contributed by atoms with E-state index in [-0.39, 0.29) is 87.5 Å². The third-order valence-electron chi connectivity index (χ3n) is 15.2. The van der Waals surface area contributed by atoms with E-state index in [4.69, 9.17) is 57.5 Å². The molecule has 29 heteroatoms. The van der Waals surface area contributed by atoms with Crippen LogP contribution in [0.25, 0.3) is 0 Å². The topological polar surface area (TPSA) is 360 Å². The van der Waals surface area contributed by atoms with Crippen LogP contribution in [0.15, 0.2) is 121 Å². The molecule has 4 aromatic carbocycles. The summed E-state index contributed by atoms with van der Waals surface area (Å²) in [5.41, 5.74) is 4.72. The molecule has 0 saturated carbocycles. The molecular weight excluding hydrogens is 1450 g/mol. The highest BCUT2D eigenvalue weighted by Crippen LogP contribution is 2.53. The average Bonchev–Trinajstić information content (AvgIpc) is 0.874. The van der Waals surface area contributed by atoms with E-state index in [9.17, 15) is 56.6 Å². The Hall–Kier alpha value is -6.25. The van der Waals surface area contributed by atoms with Crippen molar-refractivity contribution in [3.63, 3.8) is 0 Å². The summed E-state index contributed by atoms with van der Waals surface area (Å²) in [6.45, 7) is 20.8. The second-order valence-corrected chi connectivity index (χ2v) is 36.8. The fourth-order valence-corrected chi connectivity index (χ4v) is 18.0. The molecule has 4 aromatic rings. The first-order chi connectivity index (χ1) is 49.0. The molecule has 592 valence electrons. The van der Waals surface area contributed by atoms with E-state index >= 15 is 0 Å². The smallest absolute Gasteiger partial charge is 0.313 e. The van der Waals surface area contributed by atoms with E-state index in [0.29, 0.717) is 25.7 Å². The number of ether oxygens (including phenoxy) is 4. The van der Waals surface area contributed by atoms with Crippen LogP contribution in [0.3, 0.4) is 0 Å². The summed E-state index contributed by atoms with van der Waals surface area (Å²) in [6, 6.07) is 39.6. The van der Waals surface area contributed by atoms with Gasteiger partial charge in [0.05, 0.1) is 0 Å². The van der Waals surface area contributed by atoms with Crippen molar-refractivity contribution in [3.8, 4) is 0 Å². The highest BCUT2D eigenvalue weighted by Gasteiger charge is 2.37. The van der Waals surface area contributed by atoms with E-state index in [1.807, 2.05) is 121 Å². The Morgan fingerprint density at radius 1 is 0.295 bits per heavy atom. The molecule has 0 bridgehead atoms. The standard InChI is InChI=1S/4C19H29O6P.H2S/c4*1-4-18(22)24-19(15(2)3)25-26(23,14-17(20)21)13-9-8-12-16-10-6-5-7-11-16;/h4*5-7,10-11,15,19H,4,8-9,12-14H2,1-3H3,(H,20,21);1H2/t19-,26?;19-,26+;2*19-,26-;/m1010./s1. The van der Waals surface area contributed by atoms with Crippen LogP contribution in [-0.4, -0.2) is 143 Å². The number of carbonyl (C=O) groups is 8. The molecule has 0 aliphatic heterocycles. The van der Waals surface area contributed by atoms with Gasteiger partial charge in [0, 0.05) is 74.0 Å². The predicted octanol–water partition coefficient (Wildman–Crippen LogP) is 17.4. The van der Waals surface area contributed by atoms with Crippen molar-refractivity contribution in [1.82, 2.24) is 0 Å². The summed E-state index contributed by atoms with van der Waals surface area (Å²) in [5.74, 6) is -7.47. The second kappa shape index (κ2) is 54.4. The lowest BCUT2D eigenvalue weighted by atomic mass is 10.1. The fourth-order valence-electron chi connectivity index (χ4n) is 9.53. The van der Waals surface area contributed by atoms with Crippen molar-refractivity contribution in [1.29, 1.82) is 0 Å². The minimum atomic E-state index is -3.45. The molecule has 0 saturated heterocycles. The van der Waals surface area contributed by atoms with Gasteiger partial charge in [0.2, 0.25) is 54.6 Å². The molecule has 0 amide bonds. The van der Waals surface area contributed by atoms with Gasteiger partial charge in [-0.2, -0.15) is 13.5 Å². The van der Waals surface area contributed by atoms with Gasteiger partial charge in [0.1, 0.15) is 24.6 Å². The van der Waals surface area contributed by atoms with E-state index in [1.165, 1.54) is 22.3 Å². The molecule has 0 heterocycles. The van der Waals surface area contributed by atoms with Crippen LogP contribution in [0.1, 0.15) is 182 Å². The van der Waals surface area contributed by atoms with E-state index in [1.54, 1.807) is 83.1 Å². The molecule has 0 aromatic heterocycles. The largest absolute Gasteiger partial charge is 0.481 e. The lowest BCUT2D eigenvalue weighted by Crippen LogP contribution is -2.27. The van der Waals surface area contributed by atoms with E-state index in [0.717, 1.165) is 51.4 Å². The van der Waals surface area contributed by atoms with Crippen LogP contribution in [0.2, 0.25) is 0 Å². The number of hydrogen-bond acceptors (Lipinski definition) is 20. The van der Waals surface area contributed by atoms with Crippen LogP contribution in [0.4, 0.5) is 0 Å². The monoisotopic (exact) mass is 1570 g/mol. The Morgan fingerprint density at radius 2 is 0.457 bits per heavy atom. The van der Waals surface area contributed by atoms with Gasteiger partial charge >= 0.3 is 47.8 Å². The number of hydrogen-bond donors (Lipinski definition) is 4. The molecule has 0 spiro atoms. The number of rotatable bonds is 48. The van der Waals surface area contributed by atoms with E-state index in [2.05, 4.69) is 0 Å². The zero-order valence-corrected chi connectivity index (χ0v) is 68.0. The maximum Gasteiger partial charge on any atom is 0.313 e. The van der Waals surface area contributed by atoms with Gasteiger partial charge in [0.15, 0.2) is 0 Å². The van der Waals surface area contributed by atoms with Crippen molar-refractivity contribution in [2.24, 2.45) is 23.7 Å². The molecule has 0 aliphatic rings. The van der Waals surface area contributed by atoms with Crippen LogP contribution < -0.4 is 0 Å². The van der Waals surface area contributed by atoms with Crippen molar-refractivity contribution in [2.45, 2.75) is 211 Å². The maximum atomic E-state index is 13.0. The van der Waals surface area contributed by atoms with Gasteiger partial charge < -0.3 is 39.4 Å². The summed E-state index contributed by atoms with van der Waals surface area (Å²) in [5, 5.41) is 36.4. The van der Waals surface area contributed by atoms with Crippen molar-refractivity contribution in [3.05, 3.63) is 144 Å². The second-order valence-electron chi connectivity index (χ2n) is 26.4. The van der Waals surface area contributed by atoms with Gasteiger partial charge in [-0.15, -0.1) is 0 Å². The maximum absolute atomic E-state index is 13.0. The summed E-state index contributed by atoms with van der Waals surface area (Å²) < 4.78 is 95.1. The Labute approximate surface area is 629 Å². The number of benzene rings is 4. The molecule has 0 aliphatic carbocycles. The quantitative estimate of drug-likeness (QED) is 0.0105.